The summed E-state index contributed by atoms with van der Waals surface area (Å²) in [5, 5.41) is 14.5. The number of likely N-dealkylation sites (tertiary alicyclic amines) is 1. The van der Waals surface area contributed by atoms with E-state index in [9.17, 15) is 38.4 Å². The van der Waals surface area contributed by atoms with E-state index in [4.69, 9.17) is 11.5 Å². The van der Waals surface area contributed by atoms with E-state index in [2.05, 4.69) is 31.9 Å². The van der Waals surface area contributed by atoms with E-state index in [-0.39, 0.29) is 26.1 Å². The monoisotopic (exact) mass is 597 g/mol. The van der Waals surface area contributed by atoms with E-state index < -0.39 is 84.5 Å². The molecule has 1 fully saturated rings. The number of hydrogen-bond donors (Lipinski definition) is 8. The summed E-state index contributed by atoms with van der Waals surface area (Å²) in [7, 11) is 0. The molecule has 0 aromatic carbocycles. The molecule has 17 nitrogen and oxygen atoms in total. The van der Waals surface area contributed by atoms with Crippen LogP contribution in [0.15, 0.2) is 0 Å². The van der Waals surface area contributed by atoms with Crippen LogP contribution in [0.2, 0.25) is 0 Å². The van der Waals surface area contributed by atoms with Crippen molar-refractivity contribution in [3.8, 4) is 0 Å². The normalized spacial score (nSPS) is 16.3. The highest BCUT2D eigenvalue weighted by atomic mass is 16.2. The Balaban J connectivity index is 2.60. The first-order valence-corrected chi connectivity index (χ1v) is 13.8. The van der Waals surface area contributed by atoms with Crippen LogP contribution in [0.3, 0.4) is 0 Å². The summed E-state index contributed by atoms with van der Waals surface area (Å²) in [6.07, 6.45) is 2.52. The molecule has 0 spiro atoms. The van der Waals surface area contributed by atoms with Crippen LogP contribution in [0, 0.1) is 0 Å². The molecule has 1 heterocycles. The van der Waals surface area contributed by atoms with Gasteiger partial charge in [-0.25, -0.2) is 0 Å². The lowest BCUT2D eigenvalue weighted by atomic mass is 10.1. The molecule has 0 saturated carbocycles. The fourth-order valence-electron chi connectivity index (χ4n) is 3.98. The third-order valence-corrected chi connectivity index (χ3v) is 6.39. The lowest BCUT2D eigenvalue weighted by Gasteiger charge is -2.24. The van der Waals surface area contributed by atoms with Gasteiger partial charge in [-0.1, -0.05) is 19.8 Å². The Hall–Kier alpha value is -4.28. The first-order valence-electron chi connectivity index (χ1n) is 13.8. The molecule has 0 aromatic heterocycles. The van der Waals surface area contributed by atoms with Gasteiger partial charge < -0.3 is 48.3 Å². The number of nitrogens with two attached hydrogens (primary N) is 2. The fourth-order valence-corrected chi connectivity index (χ4v) is 3.98. The van der Waals surface area contributed by atoms with Gasteiger partial charge in [0.2, 0.25) is 47.3 Å². The van der Waals surface area contributed by atoms with E-state index >= 15 is 0 Å². The molecule has 0 aromatic rings. The number of rotatable bonds is 17. The Kier molecular flexibility index (Phi) is 15.5. The summed E-state index contributed by atoms with van der Waals surface area (Å²) < 4.78 is 0. The number of unbranched alkanes of at least 4 members (excludes halogenated alkanes) is 1. The molecule has 1 aliphatic heterocycles. The van der Waals surface area contributed by atoms with Crippen LogP contribution in [-0.4, -0.2) is 109 Å². The van der Waals surface area contributed by atoms with Gasteiger partial charge in [0.05, 0.1) is 26.2 Å². The summed E-state index contributed by atoms with van der Waals surface area (Å²) in [6, 6.07) is -3.65. The minimum Gasteiger partial charge on any atom is -0.368 e. The van der Waals surface area contributed by atoms with E-state index in [0.717, 1.165) is 6.42 Å². The molecule has 1 rings (SSSR count). The summed E-state index contributed by atoms with van der Waals surface area (Å²) in [5.41, 5.74) is 10.3. The molecule has 1 aliphatic rings. The molecule has 8 amide bonds. The number of nitrogens with zero attached hydrogens (tertiary/aromatic N) is 1. The summed E-state index contributed by atoms with van der Waals surface area (Å²) in [4.78, 5) is 98.4. The molecule has 17 heteroatoms. The number of hydrogen-bond acceptors (Lipinski definition) is 9. The van der Waals surface area contributed by atoms with Gasteiger partial charge >= 0.3 is 0 Å². The Bertz CT molecular complexity index is 1020. The topological polar surface area (TPSA) is 264 Å². The maximum Gasteiger partial charge on any atom is 0.243 e. The van der Waals surface area contributed by atoms with E-state index in [1.807, 2.05) is 6.92 Å². The molecule has 1 unspecified atom stereocenters. The molecule has 0 bridgehead atoms. The van der Waals surface area contributed by atoms with E-state index in [0.29, 0.717) is 19.3 Å². The van der Waals surface area contributed by atoms with Gasteiger partial charge in [0.15, 0.2) is 0 Å². The predicted octanol–water partition coefficient (Wildman–Crippen LogP) is -4.55. The molecule has 42 heavy (non-hydrogen) atoms. The summed E-state index contributed by atoms with van der Waals surface area (Å²) in [6.45, 7) is 3.44. The van der Waals surface area contributed by atoms with Crippen LogP contribution in [0.1, 0.15) is 52.9 Å². The zero-order valence-corrected chi connectivity index (χ0v) is 24.2. The number of nitrogens with one attached hydrogen (secondary N) is 6. The number of amides is 8. The van der Waals surface area contributed by atoms with Gasteiger partial charge in [-0.2, -0.15) is 0 Å². The van der Waals surface area contributed by atoms with Crippen LogP contribution < -0.4 is 43.4 Å². The van der Waals surface area contributed by atoms with Crippen molar-refractivity contribution in [1.82, 2.24) is 36.8 Å². The highest BCUT2D eigenvalue weighted by Crippen LogP contribution is 2.17. The summed E-state index contributed by atoms with van der Waals surface area (Å²) >= 11 is 0. The second-order valence-corrected chi connectivity index (χ2v) is 9.85. The van der Waals surface area contributed by atoms with Crippen molar-refractivity contribution in [2.75, 3.05) is 32.7 Å². The highest BCUT2D eigenvalue weighted by Gasteiger charge is 2.34. The van der Waals surface area contributed by atoms with E-state index in [1.54, 1.807) is 0 Å². The first kappa shape index (κ1) is 35.7. The molecular weight excluding hydrogens is 554 g/mol. The maximum absolute atomic E-state index is 12.8. The lowest BCUT2D eigenvalue weighted by molar-refractivity contribution is -0.139. The average molecular weight is 598 g/mol. The van der Waals surface area contributed by atoms with Crippen LogP contribution in [0.5, 0.6) is 0 Å². The highest BCUT2D eigenvalue weighted by molar-refractivity contribution is 5.95. The zero-order valence-electron chi connectivity index (χ0n) is 24.2. The molecule has 0 radical (unpaired) electrons. The van der Waals surface area contributed by atoms with Crippen molar-refractivity contribution in [2.45, 2.75) is 77.0 Å². The molecule has 1 saturated heterocycles. The first-order chi connectivity index (χ1) is 19.8. The van der Waals surface area contributed by atoms with Gasteiger partial charge in [0.25, 0.3) is 0 Å². The Morgan fingerprint density at radius 2 is 1.40 bits per heavy atom. The van der Waals surface area contributed by atoms with Crippen LogP contribution in [0.25, 0.3) is 0 Å². The Labute approximate surface area is 244 Å². The van der Waals surface area contributed by atoms with Gasteiger partial charge in [-0.15, -0.1) is 0 Å². The SMILES string of the molecule is CCCCC(NC(=O)CNC(=O)[C@@H]1CCCN1C(=O)CNC(=O)[C@H](C)NC(=O)CN)C(=O)NCC(=O)N[C@@H](C)C(N)=O. The summed E-state index contributed by atoms with van der Waals surface area (Å²) in [5.74, 6) is -4.83. The van der Waals surface area contributed by atoms with Crippen molar-refractivity contribution in [2.24, 2.45) is 11.5 Å². The molecule has 4 atom stereocenters. The third kappa shape index (κ3) is 12.5. The largest absolute Gasteiger partial charge is 0.368 e. The van der Waals surface area contributed by atoms with Crippen molar-refractivity contribution in [3.05, 3.63) is 0 Å². The van der Waals surface area contributed by atoms with Gasteiger partial charge in [-0.05, 0) is 33.1 Å². The van der Waals surface area contributed by atoms with Gasteiger partial charge in [0.1, 0.15) is 24.2 Å². The van der Waals surface area contributed by atoms with Crippen molar-refractivity contribution >= 4 is 47.3 Å². The fraction of sp³-hybridized carbons (Fsp3) is 0.680. The minimum atomic E-state index is -0.971. The third-order valence-electron chi connectivity index (χ3n) is 6.39. The maximum atomic E-state index is 12.8. The van der Waals surface area contributed by atoms with Crippen LogP contribution in [-0.2, 0) is 38.4 Å². The Morgan fingerprint density at radius 1 is 0.810 bits per heavy atom. The predicted molar refractivity (Wildman–Crippen MR) is 149 cm³/mol. The molecule has 0 aliphatic carbocycles. The smallest absolute Gasteiger partial charge is 0.243 e. The molecular formula is C25H43N9O8. The number of carbonyl (C=O) groups is 8. The zero-order chi connectivity index (χ0) is 31.8. The van der Waals surface area contributed by atoms with Crippen molar-refractivity contribution in [1.29, 1.82) is 0 Å². The van der Waals surface area contributed by atoms with E-state index in [1.165, 1.54) is 18.7 Å². The second-order valence-electron chi connectivity index (χ2n) is 9.85. The lowest BCUT2D eigenvalue weighted by Crippen LogP contribution is -2.54. The molecule has 236 valence electrons. The molecule has 10 N–H and O–H groups in total. The number of carbonyl (C=O) groups excluding carboxylic acids is 8. The minimum absolute atomic E-state index is 0.281. The second kappa shape index (κ2) is 18.2. The van der Waals surface area contributed by atoms with Gasteiger partial charge in [0, 0.05) is 6.54 Å². The van der Waals surface area contributed by atoms with Gasteiger partial charge in [-0.3, -0.25) is 38.4 Å². The van der Waals surface area contributed by atoms with Crippen molar-refractivity contribution < 1.29 is 38.4 Å². The van der Waals surface area contributed by atoms with Crippen molar-refractivity contribution in [3.63, 3.8) is 0 Å². The standard InChI is InChI=1S/C25H43N9O8/c1-4-5-7-16(24(41)28-11-19(36)31-14(2)22(27)39)33-20(37)12-29-25(42)17-8-6-9-34(17)21(38)13-30-23(40)15(3)32-18(35)10-26/h14-17H,4-13,26H2,1-3H3,(H2,27,39)(H,28,41)(H,29,42)(H,30,40)(H,31,36)(H,32,35)(H,33,37)/t14-,15-,16?,17-/m0/s1. The number of primary amides is 1. The van der Waals surface area contributed by atoms with Crippen LogP contribution in [0.4, 0.5) is 0 Å². The van der Waals surface area contributed by atoms with Crippen LogP contribution >= 0.6 is 0 Å². The Morgan fingerprint density at radius 3 is 2.02 bits per heavy atom. The quantitative estimate of drug-likeness (QED) is 0.0801. The average Bonchev–Trinajstić information content (AvgIpc) is 3.45.